The predicted octanol–water partition coefficient (Wildman–Crippen LogP) is 1.65. The summed E-state index contributed by atoms with van der Waals surface area (Å²) >= 11 is 0. The van der Waals surface area contributed by atoms with Gasteiger partial charge < -0.3 is 9.64 Å². The van der Waals surface area contributed by atoms with E-state index < -0.39 is 0 Å². The number of amides is 3. The Balaban J connectivity index is 1.67. The van der Waals surface area contributed by atoms with Gasteiger partial charge in [0.2, 0.25) is 11.8 Å². The van der Waals surface area contributed by atoms with Crippen LogP contribution in [0.15, 0.2) is 24.3 Å². The molecule has 0 spiro atoms. The second-order valence-electron chi connectivity index (χ2n) is 7.06. The van der Waals surface area contributed by atoms with Crippen LogP contribution in [0.5, 0.6) is 0 Å². The largest absolute Gasteiger partial charge is 0.466 e. The third-order valence-electron chi connectivity index (χ3n) is 4.78. The van der Waals surface area contributed by atoms with Gasteiger partial charge in [-0.15, -0.1) is 0 Å². The van der Waals surface area contributed by atoms with Gasteiger partial charge in [0.1, 0.15) is 0 Å². The number of nitrogens with zero attached hydrogens (tertiary/aromatic N) is 2. The molecule has 1 saturated carbocycles. The highest BCUT2D eigenvalue weighted by molar-refractivity contribution is 6.01. The number of anilines is 1. The zero-order valence-electron chi connectivity index (χ0n) is 16.0. The maximum Gasteiger partial charge on any atom is 0.307 e. The zero-order valence-corrected chi connectivity index (χ0v) is 16.0. The van der Waals surface area contributed by atoms with E-state index in [-0.39, 0.29) is 43.0 Å². The molecule has 0 aromatic heterocycles. The molecule has 0 atom stereocenters. The van der Waals surface area contributed by atoms with E-state index in [0.717, 1.165) is 12.8 Å². The van der Waals surface area contributed by atoms with Crippen molar-refractivity contribution in [2.45, 2.75) is 39.0 Å². The van der Waals surface area contributed by atoms with E-state index in [2.05, 4.69) is 5.43 Å². The fourth-order valence-electron chi connectivity index (χ4n) is 3.07. The average Bonchev–Trinajstić information content (AvgIpc) is 3.51. The summed E-state index contributed by atoms with van der Waals surface area (Å²) in [4.78, 5) is 49.8. The van der Waals surface area contributed by atoms with Gasteiger partial charge in [-0.05, 0) is 49.9 Å². The van der Waals surface area contributed by atoms with E-state index in [9.17, 15) is 19.2 Å². The van der Waals surface area contributed by atoms with Crippen LogP contribution in [0.3, 0.4) is 0 Å². The molecule has 1 saturated heterocycles. The van der Waals surface area contributed by atoms with Crippen LogP contribution in [0.1, 0.15) is 49.4 Å². The highest BCUT2D eigenvalue weighted by Crippen LogP contribution is 2.30. The summed E-state index contributed by atoms with van der Waals surface area (Å²) in [5, 5.41) is 1.21. The minimum Gasteiger partial charge on any atom is -0.466 e. The van der Waals surface area contributed by atoms with Gasteiger partial charge in [0.05, 0.1) is 18.7 Å². The van der Waals surface area contributed by atoms with Crippen LogP contribution in [0, 0.1) is 5.92 Å². The van der Waals surface area contributed by atoms with Gasteiger partial charge in [-0.3, -0.25) is 24.6 Å². The van der Waals surface area contributed by atoms with Gasteiger partial charge in [0.15, 0.2) is 0 Å². The third kappa shape index (κ3) is 5.09. The van der Waals surface area contributed by atoms with Crippen molar-refractivity contribution in [3.05, 3.63) is 29.8 Å². The molecule has 1 aliphatic heterocycles. The number of ether oxygens (including phenoxy) is 1. The molecule has 0 bridgehead atoms. The number of hydrogen-bond donors (Lipinski definition) is 1. The van der Waals surface area contributed by atoms with Crippen molar-refractivity contribution >= 4 is 29.4 Å². The van der Waals surface area contributed by atoms with Crippen molar-refractivity contribution in [2.75, 3.05) is 24.7 Å². The number of esters is 1. The Morgan fingerprint density at radius 1 is 1.18 bits per heavy atom. The lowest BCUT2D eigenvalue weighted by atomic mass is 10.1. The normalized spacial score (nSPS) is 16.5. The van der Waals surface area contributed by atoms with Crippen molar-refractivity contribution in [3.63, 3.8) is 0 Å². The van der Waals surface area contributed by atoms with Gasteiger partial charge >= 0.3 is 5.97 Å². The Labute approximate surface area is 163 Å². The van der Waals surface area contributed by atoms with Crippen LogP contribution < -0.4 is 10.4 Å². The summed E-state index contributed by atoms with van der Waals surface area (Å²) in [5.41, 5.74) is 3.52. The summed E-state index contributed by atoms with van der Waals surface area (Å²) in [7, 11) is 0. The molecule has 150 valence electrons. The molecular weight excluding hydrogens is 362 g/mol. The van der Waals surface area contributed by atoms with Gasteiger partial charge in [0, 0.05) is 31.5 Å². The fourth-order valence-corrected chi connectivity index (χ4v) is 3.07. The molecule has 3 rings (SSSR count). The maximum absolute atomic E-state index is 12.9. The summed E-state index contributed by atoms with van der Waals surface area (Å²) in [6.07, 6.45) is 2.70. The van der Waals surface area contributed by atoms with Gasteiger partial charge in [-0.25, -0.2) is 5.01 Å². The van der Waals surface area contributed by atoms with Crippen LogP contribution in [-0.2, 0) is 19.1 Å². The van der Waals surface area contributed by atoms with Crippen LogP contribution in [0.2, 0.25) is 0 Å². The number of benzene rings is 1. The molecule has 2 aliphatic rings. The van der Waals surface area contributed by atoms with E-state index in [1.807, 2.05) is 0 Å². The van der Waals surface area contributed by atoms with Gasteiger partial charge in [0.25, 0.3) is 5.91 Å². The quantitative estimate of drug-likeness (QED) is 0.684. The molecule has 0 unspecified atom stereocenters. The first-order valence-corrected chi connectivity index (χ1v) is 9.65. The molecule has 1 N–H and O–H groups in total. The van der Waals surface area contributed by atoms with E-state index in [4.69, 9.17) is 4.74 Å². The average molecular weight is 387 g/mol. The second kappa shape index (κ2) is 8.86. The highest BCUT2D eigenvalue weighted by atomic mass is 16.5. The molecule has 28 heavy (non-hydrogen) atoms. The minimum atomic E-state index is -0.314. The smallest absolute Gasteiger partial charge is 0.307 e. The summed E-state index contributed by atoms with van der Waals surface area (Å²) in [6, 6.07) is 6.54. The molecule has 1 heterocycles. The lowest BCUT2D eigenvalue weighted by Crippen LogP contribution is -2.50. The standard InChI is InChI=1S/C20H25N3O5/c1-2-28-19(26)11-12-22(13-14-3-4-14)20(27)15-5-7-16(8-6-15)23-18(25)10-9-17(24)21-23/h5-8,14H,2-4,9-13H2,1H3,(H,21,24). The van der Waals surface area contributed by atoms with Crippen molar-refractivity contribution in [1.29, 1.82) is 0 Å². The number of hydrazine groups is 1. The lowest BCUT2D eigenvalue weighted by molar-refractivity contribution is -0.143. The van der Waals surface area contributed by atoms with E-state index in [1.54, 1.807) is 36.1 Å². The molecule has 0 radical (unpaired) electrons. The lowest BCUT2D eigenvalue weighted by Gasteiger charge is -2.27. The Hall–Kier alpha value is -2.90. The molecule has 1 aromatic carbocycles. The first kappa shape index (κ1) is 19.9. The molecule has 8 heteroatoms. The van der Waals surface area contributed by atoms with Crippen LogP contribution in [0.25, 0.3) is 0 Å². The monoisotopic (exact) mass is 387 g/mol. The molecule has 1 aliphatic carbocycles. The van der Waals surface area contributed by atoms with E-state index >= 15 is 0 Å². The van der Waals surface area contributed by atoms with Crippen molar-refractivity contribution in [2.24, 2.45) is 5.92 Å². The highest BCUT2D eigenvalue weighted by Gasteiger charge is 2.28. The Morgan fingerprint density at radius 2 is 1.89 bits per heavy atom. The zero-order chi connectivity index (χ0) is 20.1. The van der Waals surface area contributed by atoms with Gasteiger partial charge in [-0.2, -0.15) is 0 Å². The predicted molar refractivity (Wildman–Crippen MR) is 101 cm³/mol. The topological polar surface area (TPSA) is 96.0 Å². The summed E-state index contributed by atoms with van der Waals surface area (Å²) in [6.45, 7) is 3.02. The first-order valence-electron chi connectivity index (χ1n) is 9.65. The Bertz CT molecular complexity index is 758. The van der Waals surface area contributed by atoms with Crippen molar-refractivity contribution in [1.82, 2.24) is 10.3 Å². The SMILES string of the molecule is CCOC(=O)CCN(CC1CC1)C(=O)c1ccc(N2NC(=O)CCC2=O)cc1. The third-order valence-corrected chi connectivity index (χ3v) is 4.78. The Kier molecular flexibility index (Phi) is 6.28. The number of rotatable bonds is 8. The van der Waals surface area contributed by atoms with E-state index in [0.29, 0.717) is 36.9 Å². The maximum atomic E-state index is 12.9. The number of carbonyl (C=O) groups is 4. The first-order chi connectivity index (χ1) is 13.5. The number of hydrogen-bond acceptors (Lipinski definition) is 5. The number of nitrogens with one attached hydrogen (secondary N) is 1. The fraction of sp³-hybridized carbons (Fsp3) is 0.500. The van der Waals surface area contributed by atoms with E-state index in [1.165, 1.54) is 5.01 Å². The summed E-state index contributed by atoms with van der Waals surface area (Å²) < 4.78 is 4.95. The van der Waals surface area contributed by atoms with Crippen molar-refractivity contribution in [3.8, 4) is 0 Å². The van der Waals surface area contributed by atoms with Crippen molar-refractivity contribution < 1.29 is 23.9 Å². The Morgan fingerprint density at radius 3 is 2.54 bits per heavy atom. The second-order valence-corrected chi connectivity index (χ2v) is 7.06. The molecule has 8 nitrogen and oxygen atoms in total. The van der Waals surface area contributed by atoms with Crippen LogP contribution >= 0.6 is 0 Å². The molecule has 3 amide bonds. The molecule has 1 aromatic rings. The van der Waals surface area contributed by atoms with Crippen LogP contribution in [0.4, 0.5) is 5.69 Å². The summed E-state index contributed by atoms with van der Waals surface area (Å²) in [5.74, 6) is -0.382. The van der Waals surface area contributed by atoms with Gasteiger partial charge in [-0.1, -0.05) is 0 Å². The minimum absolute atomic E-state index is 0.156. The molecular formula is C20H25N3O5. The number of carbonyl (C=O) groups excluding carboxylic acids is 4. The molecule has 2 fully saturated rings. The van der Waals surface area contributed by atoms with Crippen LogP contribution in [-0.4, -0.2) is 48.3 Å².